The van der Waals surface area contributed by atoms with E-state index in [1.54, 1.807) is 11.8 Å². The Hall–Kier alpha value is -1.82. The van der Waals surface area contributed by atoms with Crippen LogP contribution in [0.15, 0.2) is 33.7 Å². The highest BCUT2D eigenvalue weighted by Crippen LogP contribution is 2.40. The number of carbonyl (C=O) groups excluding carboxylic acids is 1. The van der Waals surface area contributed by atoms with Crippen LogP contribution >= 0.6 is 11.8 Å². The Morgan fingerprint density at radius 1 is 1.38 bits per heavy atom. The summed E-state index contributed by atoms with van der Waals surface area (Å²) in [5.74, 6) is 1.71. The molecular weight excluding hydrogens is 322 g/mol. The Bertz CT molecular complexity index is 733. The minimum absolute atomic E-state index is 0.0283. The molecule has 0 saturated carbocycles. The van der Waals surface area contributed by atoms with Gasteiger partial charge in [0.2, 0.25) is 11.8 Å². The third kappa shape index (κ3) is 2.73. The average Bonchev–Trinajstić information content (AvgIpc) is 3.30. The first-order valence-electron chi connectivity index (χ1n) is 8.52. The number of amides is 1. The van der Waals surface area contributed by atoms with Gasteiger partial charge in [-0.2, -0.15) is 4.98 Å². The summed E-state index contributed by atoms with van der Waals surface area (Å²) in [4.78, 5) is 20.8. The number of carbonyl (C=O) groups is 1. The molecule has 0 N–H and O–H groups in total. The van der Waals surface area contributed by atoms with Crippen LogP contribution in [0, 0.1) is 0 Å². The molecule has 0 aliphatic carbocycles. The van der Waals surface area contributed by atoms with Crippen LogP contribution in [-0.2, 0) is 11.2 Å². The maximum absolute atomic E-state index is 13.1. The highest BCUT2D eigenvalue weighted by Gasteiger charge is 2.39. The van der Waals surface area contributed by atoms with Crippen molar-refractivity contribution >= 4 is 17.7 Å². The lowest BCUT2D eigenvalue weighted by Crippen LogP contribution is -2.37. The highest BCUT2D eigenvalue weighted by molar-refractivity contribution is 8.01. The summed E-state index contributed by atoms with van der Waals surface area (Å²) in [5, 5.41) is 4.10. The van der Waals surface area contributed by atoms with Gasteiger partial charge < -0.3 is 9.42 Å². The molecule has 1 fully saturated rings. The number of benzene rings is 1. The highest BCUT2D eigenvalue weighted by atomic mass is 32.2. The second kappa shape index (κ2) is 6.24. The number of aromatic nitrogens is 2. The summed E-state index contributed by atoms with van der Waals surface area (Å²) < 4.78 is 5.34. The zero-order valence-electron chi connectivity index (χ0n) is 13.9. The van der Waals surface area contributed by atoms with Gasteiger partial charge >= 0.3 is 0 Å². The Labute approximate surface area is 145 Å². The number of hydrogen-bond acceptors (Lipinski definition) is 5. The number of thioether (sulfide) groups is 1. The van der Waals surface area contributed by atoms with Gasteiger partial charge in [-0.05, 0) is 30.9 Å². The lowest BCUT2D eigenvalue weighted by atomic mass is 10.1. The van der Waals surface area contributed by atoms with Gasteiger partial charge in [0, 0.05) is 17.4 Å². The van der Waals surface area contributed by atoms with Gasteiger partial charge in [0.05, 0.1) is 11.3 Å². The molecule has 1 amide bonds. The van der Waals surface area contributed by atoms with Gasteiger partial charge in [-0.15, -0.1) is 11.8 Å². The zero-order chi connectivity index (χ0) is 16.7. The van der Waals surface area contributed by atoms with Crippen molar-refractivity contribution in [2.45, 2.75) is 55.2 Å². The van der Waals surface area contributed by atoms with E-state index in [2.05, 4.69) is 22.3 Å². The van der Waals surface area contributed by atoms with Crippen LogP contribution in [0.2, 0.25) is 0 Å². The second-order valence-corrected chi connectivity index (χ2v) is 8.00. The summed E-state index contributed by atoms with van der Waals surface area (Å²) in [6.07, 6.45) is 2.71. The number of rotatable bonds is 3. The molecule has 5 nitrogen and oxygen atoms in total. The maximum atomic E-state index is 13.1. The number of hydrogen-bond donors (Lipinski definition) is 0. The number of likely N-dealkylation sites (tertiary alicyclic amines) is 1. The Kier molecular flexibility index (Phi) is 4.08. The fourth-order valence-electron chi connectivity index (χ4n) is 3.42. The molecule has 2 aromatic rings. The third-order valence-electron chi connectivity index (χ3n) is 4.71. The quantitative estimate of drug-likeness (QED) is 0.852. The first kappa shape index (κ1) is 15.7. The first-order chi connectivity index (χ1) is 11.6. The van der Waals surface area contributed by atoms with E-state index in [9.17, 15) is 4.79 Å². The molecule has 0 radical (unpaired) electrons. The molecule has 1 saturated heterocycles. The van der Waals surface area contributed by atoms with Crippen molar-refractivity contribution in [3.63, 3.8) is 0 Å². The number of fused-ring (bicyclic) bond motifs is 1. The first-order valence-corrected chi connectivity index (χ1v) is 9.40. The fraction of sp³-hybridized carbons (Fsp3) is 0.500. The van der Waals surface area contributed by atoms with Crippen LogP contribution in [0.5, 0.6) is 0 Å². The summed E-state index contributed by atoms with van der Waals surface area (Å²) in [7, 11) is 0. The Balaban J connectivity index is 1.51. The lowest BCUT2D eigenvalue weighted by molar-refractivity contribution is -0.131. The smallest absolute Gasteiger partial charge is 0.237 e. The molecule has 2 aliphatic heterocycles. The van der Waals surface area contributed by atoms with Crippen LogP contribution in [0.4, 0.5) is 0 Å². The van der Waals surface area contributed by atoms with E-state index in [-0.39, 0.29) is 23.1 Å². The largest absolute Gasteiger partial charge is 0.339 e. The third-order valence-corrected chi connectivity index (χ3v) is 6.01. The topological polar surface area (TPSA) is 59.2 Å². The molecule has 0 spiro atoms. The van der Waals surface area contributed by atoms with Crippen LogP contribution in [-0.4, -0.2) is 32.7 Å². The minimum Gasteiger partial charge on any atom is -0.339 e. The molecule has 2 atom stereocenters. The van der Waals surface area contributed by atoms with Crippen LogP contribution < -0.4 is 0 Å². The minimum atomic E-state index is -0.0435. The molecule has 2 aliphatic rings. The van der Waals surface area contributed by atoms with E-state index in [0.717, 1.165) is 25.8 Å². The molecule has 6 heteroatoms. The summed E-state index contributed by atoms with van der Waals surface area (Å²) in [6, 6.07) is 8.24. The molecule has 24 heavy (non-hydrogen) atoms. The van der Waals surface area contributed by atoms with E-state index in [1.165, 1.54) is 10.5 Å². The SMILES string of the molecule is CC(C)c1nc([C@@H]2CCCN2C(=O)[C@H]2Cc3ccccc3S2)no1. The monoisotopic (exact) mass is 343 g/mol. The van der Waals surface area contributed by atoms with E-state index in [0.29, 0.717) is 11.7 Å². The molecule has 4 rings (SSSR count). The average molecular weight is 343 g/mol. The van der Waals surface area contributed by atoms with E-state index in [1.807, 2.05) is 30.9 Å². The molecular formula is C18H21N3O2S. The maximum Gasteiger partial charge on any atom is 0.237 e. The molecule has 1 aromatic carbocycles. The van der Waals surface area contributed by atoms with Crippen LogP contribution in [0.25, 0.3) is 0 Å². The van der Waals surface area contributed by atoms with Crippen LogP contribution in [0.3, 0.4) is 0 Å². The normalized spacial score (nSPS) is 23.0. The van der Waals surface area contributed by atoms with Crippen molar-refractivity contribution in [2.75, 3.05) is 6.54 Å². The summed E-state index contributed by atoms with van der Waals surface area (Å²) in [6.45, 7) is 4.84. The lowest BCUT2D eigenvalue weighted by Gasteiger charge is -2.25. The van der Waals surface area contributed by atoms with Crippen molar-refractivity contribution < 1.29 is 9.32 Å². The molecule has 0 bridgehead atoms. The van der Waals surface area contributed by atoms with Crippen molar-refractivity contribution in [1.29, 1.82) is 0 Å². The fourth-order valence-corrected chi connectivity index (χ4v) is 4.69. The standard InChI is InChI=1S/C18H21N3O2S/c1-11(2)17-19-16(20-23-17)13-7-5-9-21(13)18(22)15-10-12-6-3-4-8-14(12)24-15/h3-4,6,8,11,13,15H,5,7,9-10H2,1-2H3/t13-,15+/m0/s1. The summed E-state index contributed by atoms with van der Waals surface area (Å²) >= 11 is 1.68. The number of nitrogens with zero attached hydrogens (tertiary/aromatic N) is 3. The van der Waals surface area contributed by atoms with Gasteiger partial charge in [0.15, 0.2) is 5.82 Å². The van der Waals surface area contributed by atoms with Gasteiger partial charge in [0.1, 0.15) is 0 Å². The summed E-state index contributed by atoms with van der Waals surface area (Å²) in [5.41, 5.74) is 1.28. The molecule has 0 unspecified atom stereocenters. The predicted molar refractivity (Wildman–Crippen MR) is 91.9 cm³/mol. The van der Waals surface area contributed by atoms with Gasteiger partial charge in [-0.1, -0.05) is 37.2 Å². The Morgan fingerprint density at radius 3 is 2.96 bits per heavy atom. The molecule has 1 aromatic heterocycles. The van der Waals surface area contributed by atoms with Gasteiger partial charge in [-0.25, -0.2) is 0 Å². The van der Waals surface area contributed by atoms with Crippen molar-refractivity contribution in [3.8, 4) is 0 Å². The van der Waals surface area contributed by atoms with Crippen molar-refractivity contribution in [2.24, 2.45) is 0 Å². The van der Waals surface area contributed by atoms with Crippen LogP contribution in [0.1, 0.15) is 55.9 Å². The zero-order valence-corrected chi connectivity index (χ0v) is 14.8. The van der Waals surface area contributed by atoms with Gasteiger partial charge in [-0.3, -0.25) is 4.79 Å². The van der Waals surface area contributed by atoms with E-state index < -0.39 is 0 Å². The predicted octanol–water partition coefficient (Wildman–Crippen LogP) is 3.57. The van der Waals surface area contributed by atoms with Crippen molar-refractivity contribution in [1.82, 2.24) is 15.0 Å². The second-order valence-electron chi connectivity index (χ2n) is 6.75. The molecule has 3 heterocycles. The molecule has 126 valence electrons. The van der Waals surface area contributed by atoms with E-state index in [4.69, 9.17) is 4.52 Å². The van der Waals surface area contributed by atoms with Gasteiger partial charge in [0.25, 0.3) is 0 Å². The van der Waals surface area contributed by atoms with E-state index >= 15 is 0 Å². The van der Waals surface area contributed by atoms with Crippen molar-refractivity contribution in [3.05, 3.63) is 41.5 Å². The Morgan fingerprint density at radius 2 is 2.21 bits per heavy atom.